The zero-order valence-corrected chi connectivity index (χ0v) is 8.80. The third kappa shape index (κ3) is 1.61. The number of carbonyl (C=O) groups excluding carboxylic acids is 1. The molecule has 68 valence electrons. The van der Waals surface area contributed by atoms with Crippen LogP contribution in [-0.2, 0) is 11.2 Å². The van der Waals surface area contributed by atoms with Crippen LogP contribution in [0.25, 0.3) is 0 Å². The summed E-state index contributed by atoms with van der Waals surface area (Å²) in [7, 11) is 0. The summed E-state index contributed by atoms with van der Waals surface area (Å²) in [6.07, 6.45) is 0.801. The van der Waals surface area contributed by atoms with Gasteiger partial charge in [-0.05, 0) is 30.7 Å². The Balaban J connectivity index is 2.49. The number of hydrogen-bond donors (Lipinski definition) is 0. The molecule has 1 heterocycles. The van der Waals surface area contributed by atoms with Crippen LogP contribution in [0.4, 0.5) is 0 Å². The Kier molecular flexibility index (Phi) is 2.12. The van der Waals surface area contributed by atoms with E-state index in [9.17, 15) is 4.79 Å². The molecule has 0 saturated carbocycles. The molecule has 0 radical (unpaired) electrons. The van der Waals surface area contributed by atoms with E-state index >= 15 is 0 Å². The van der Waals surface area contributed by atoms with E-state index in [-0.39, 0.29) is 12.1 Å². The Morgan fingerprint density at radius 1 is 1.54 bits per heavy atom. The van der Waals surface area contributed by atoms with E-state index in [1.807, 2.05) is 19.1 Å². The maximum Gasteiger partial charge on any atom is 0.338 e. The number of cyclic esters (lactones) is 1. The van der Waals surface area contributed by atoms with E-state index in [1.165, 1.54) is 0 Å². The van der Waals surface area contributed by atoms with Crippen molar-refractivity contribution in [3.05, 3.63) is 33.8 Å². The molecule has 0 unspecified atom stereocenters. The number of halogens is 1. The molecule has 3 heteroatoms. The van der Waals surface area contributed by atoms with E-state index in [4.69, 9.17) is 4.74 Å². The summed E-state index contributed by atoms with van der Waals surface area (Å²) in [6, 6.07) is 5.63. The minimum Gasteiger partial charge on any atom is -0.459 e. The Bertz CT molecular complexity index is 360. The molecule has 1 aromatic rings. The first-order valence-electron chi connectivity index (χ1n) is 4.16. The van der Waals surface area contributed by atoms with Gasteiger partial charge >= 0.3 is 5.97 Å². The smallest absolute Gasteiger partial charge is 0.338 e. The fraction of sp³-hybridized carbons (Fsp3) is 0.300. The molecule has 0 spiro atoms. The van der Waals surface area contributed by atoms with Gasteiger partial charge in [-0.15, -0.1) is 0 Å². The highest BCUT2D eigenvalue weighted by Crippen LogP contribution is 2.23. The molecule has 0 N–H and O–H groups in total. The van der Waals surface area contributed by atoms with Gasteiger partial charge in [-0.2, -0.15) is 0 Å². The van der Waals surface area contributed by atoms with Crippen LogP contribution in [0.5, 0.6) is 0 Å². The molecule has 1 atom stereocenters. The Morgan fingerprint density at radius 2 is 2.31 bits per heavy atom. The van der Waals surface area contributed by atoms with Crippen molar-refractivity contribution in [1.82, 2.24) is 0 Å². The van der Waals surface area contributed by atoms with Gasteiger partial charge in [0.25, 0.3) is 0 Å². The number of rotatable bonds is 0. The van der Waals surface area contributed by atoms with Gasteiger partial charge in [-0.25, -0.2) is 4.79 Å². The first-order valence-corrected chi connectivity index (χ1v) is 4.95. The van der Waals surface area contributed by atoms with Crippen LogP contribution < -0.4 is 0 Å². The summed E-state index contributed by atoms with van der Waals surface area (Å²) in [5.41, 5.74) is 1.76. The second-order valence-electron chi connectivity index (χ2n) is 3.22. The van der Waals surface area contributed by atoms with Crippen LogP contribution in [-0.4, -0.2) is 12.1 Å². The molecule has 1 aliphatic heterocycles. The molecule has 0 amide bonds. The molecular formula is C10H9BrO2. The SMILES string of the molecule is C[C@H]1Cc2cc(Br)ccc2C(=O)O1. The van der Waals surface area contributed by atoms with Crippen LogP contribution in [0, 0.1) is 0 Å². The first kappa shape index (κ1) is 8.75. The number of hydrogen-bond acceptors (Lipinski definition) is 2. The summed E-state index contributed by atoms with van der Waals surface area (Å²) < 4.78 is 6.11. The van der Waals surface area contributed by atoms with Crippen LogP contribution in [0.3, 0.4) is 0 Å². The average molecular weight is 241 g/mol. The minimum atomic E-state index is -0.207. The van der Waals surface area contributed by atoms with E-state index in [0.29, 0.717) is 5.56 Å². The van der Waals surface area contributed by atoms with E-state index in [2.05, 4.69) is 15.9 Å². The third-order valence-corrected chi connectivity index (χ3v) is 2.60. The minimum absolute atomic E-state index is 0.00528. The lowest BCUT2D eigenvalue weighted by Crippen LogP contribution is -2.24. The van der Waals surface area contributed by atoms with Crippen molar-refractivity contribution >= 4 is 21.9 Å². The van der Waals surface area contributed by atoms with Gasteiger partial charge in [-0.1, -0.05) is 15.9 Å². The van der Waals surface area contributed by atoms with Crippen LogP contribution >= 0.6 is 15.9 Å². The Morgan fingerprint density at radius 3 is 3.08 bits per heavy atom. The van der Waals surface area contributed by atoms with Crippen molar-refractivity contribution in [2.24, 2.45) is 0 Å². The maximum absolute atomic E-state index is 11.4. The molecule has 13 heavy (non-hydrogen) atoms. The molecule has 2 nitrogen and oxygen atoms in total. The quantitative estimate of drug-likeness (QED) is 0.652. The second-order valence-corrected chi connectivity index (χ2v) is 4.14. The largest absolute Gasteiger partial charge is 0.459 e. The number of benzene rings is 1. The summed E-state index contributed by atoms with van der Waals surface area (Å²) in [4.78, 5) is 11.4. The number of carbonyl (C=O) groups is 1. The summed E-state index contributed by atoms with van der Waals surface area (Å²) in [5.74, 6) is -0.207. The highest BCUT2D eigenvalue weighted by molar-refractivity contribution is 9.10. The number of esters is 1. The fourth-order valence-corrected chi connectivity index (χ4v) is 1.94. The van der Waals surface area contributed by atoms with Crippen molar-refractivity contribution in [3.8, 4) is 0 Å². The molecule has 0 fully saturated rings. The highest BCUT2D eigenvalue weighted by Gasteiger charge is 2.22. The summed E-state index contributed by atoms with van der Waals surface area (Å²) in [6.45, 7) is 1.90. The molecule has 1 aromatic carbocycles. The number of ether oxygens (including phenoxy) is 1. The predicted molar refractivity (Wildman–Crippen MR) is 52.7 cm³/mol. The zero-order valence-electron chi connectivity index (χ0n) is 7.21. The van der Waals surface area contributed by atoms with Crippen LogP contribution in [0.15, 0.2) is 22.7 Å². The highest BCUT2D eigenvalue weighted by atomic mass is 79.9. The molecule has 0 aliphatic carbocycles. The van der Waals surface area contributed by atoms with Crippen molar-refractivity contribution in [3.63, 3.8) is 0 Å². The van der Waals surface area contributed by atoms with Gasteiger partial charge in [0, 0.05) is 10.9 Å². The van der Waals surface area contributed by atoms with Gasteiger partial charge in [-0.3, -0.25) is 0 Å². The van der Waals surface area contributed by atoms with E-state index in [1.54, 1.807) is 6.07 Å². The zero-order chi connectivity index (χ0) is 9.42. The number of fused-ring (bicyclic) bond motifs is 1. The molecule has 1 aliphatic rings. The lowest BCUT2D eigenvalue weighted by Gasteiger charge is -2.21. The van der Waals surface area contributed by atoms with Gasteiger partial charge in [0.15, 0.2) is 0 Å². The van der Waals surface area contributed by atoms with E-state index in [0.717, 1.165) is 16.5 Å². The van der Waals surface area contributed by atoms with Crippen molar-refractivity contribution in [1.29, 1.82) is 0 Å². The summed E-state index contributed by atoms with van der Waals surface area (Å²) in [5, 5.41) is 0. The van der Waals surface area contributed by atoms with Gasteiger partial charge in [0.2, 0.25) is 0 Å². The monoisotopic (exact) mass is 240 g/mol. The molecule has 0 bridgehead atoms. The fourth-order valence-electron chi connectivity index (χ4n) is 1.53. The molecule has 2 rings (SSSR count). The lowest BCUT2D eigenvalue weighted by atomic mass is 10.00. The molecule has 0 aromatic heterocycles. The maximum atomic E-state index is 11.4. The second kappa shape index (κ2) is 3.14. The topological polar surface area (TPSA) is 26.3 Å². The summed E-state index contributed by atoms with van der Waals surface area (Å²) >= 11 is 3.38. The average Bonchev–Trinajstić information content (AvgIpc) is 2.02. The lowest BCUT2D eigenvalue weighted by molar-refractivity contribution is 0.0301. The van der Waals surface area contributed by atoms with Crippen LogP contribution in [0.2, 0.25) is 0 Å². The normalized spacial score (nSPS) is 20.8. The van der Waals surface area contributed by atoms with Gasteiger partial charge in [0.1, 0.15) is 6.10 Å². The Hall–Kier alpha value is -0.830. The van der Waals surface area contributed by atoms with Gasteiger partial charge < -0.3 is 4.74 Å². The first-order chi connectivity index (χ1) is 6.16. The third-order valence-electron chi connectivity index (χ3n) is 2.10. The predicted octanol–water partition coefficient (Wildman–Crippen LogP) is 2.55. The molecular weight excluding hydrogens is 232 g/mol. The van der Waals surface area contributed by atoms with Gasteiger partial charge in [0.05, 0.1) is 5.56 Å². The van der Waals surface area contributed by atoms with Crippen molar-refractivity contribution in [2.45, 2.75) is 19.4 Å². The molecule has 0 saturated heterocycles. The van der Waals surface area contributed by atoms with Crippen molar-refractivity contribution in [2.75, 3.05) is 0 Å². The van der Waals surface area contributed by atoms with Crippen LogP contribution in [0.1, 0.15) is 22.8 Å². The van der Waals surface area contributed by atoms with Crippen molar-refractivity contribution < 1.29 is 9.53 Å². The van der Waals surface area contributed by atoms with E-state index < -0.39 is 0 Å². The Labute approximate surface area is 85.0 Å². The standard InChI is InChI=1S/C10H9BrO2/c1-6-4-7-5-8(11)2-3-9(7)10(12)13-6/h2-3,5-6H,4H2,1H3/t6-/m0/s1.